The molecule has 0 aliphatic heterocycles. The smallest absolute Gasteiger partial charge is 0.423 e. The monoisotopic (exact) mass is 385 g/mol. The van der Waals surface area contributed by atoms with Gasteiger partial charge in [-0.15, -0.1) is 0 Å². The molecule has 0 aliphatic rings. The highest BCUT2D eigenvalue weighted by atomic mass is 35.7. The molecular weight excluding hydrogens is 378 g/mol. The van der Waals surface area contributed by atoms with E-state index >= 15 is 0 Å². The molecule has 0 spiro atoms. The minimum atomic E-state index is -4.75. The topological polar surface area (TPSA) is 56.3 Å². The second-order valence-electron chi connectivity index (χ2n) is 4.44. The number of benzene rings is 1. The average molecular weight is 386 g/mol. The summed E-state index contributed by atoms with van der Waals surface area (Å²) >= 11 is 5.56. The predicted octanol–water partition coefficient (Wildman–Crippen LogP) is 4.78. The first-order valence-electron chi connectivity index (χ1n) is 5.95. The van der Waals surface area contributed by atoms with Gasteiger partial charge in [0.25, 0.3) is 9.05 Å². The number of hydrogen-bond donors (Lipinski definition) is 0. The number of ether oxygens (including phenoxy) is 1. The van der Waals surface area contributed by atoms with Crippen molar-refractivity contribution in [3.05, 3.63) is 46.6 Å². The van der Waals surface area contributed by atoms with Gasteiger partial charge in [0.05, 0.1) is 9.92 Å². The molecule has 10 heteroatoms. The molecule has 0 saturated carbocycles. The summed E-state index contributed by atoms with van der Waals surface area (Å²) in [7, 11) is 1.27. The minimum absolute atomic E-state index is 0.0353. The van der Waals surface area contributed by atoms with Crippen molar-refractivity contribution >= 4 is 31.3 Å². The summed E-state index contributed by atoms with van der Waals surface area (Å²) in [4.78, 5) is 3.37. The van der Waals surface area contributed by atoms with Gasteiger partial charge in [-0.3, -0.25) is 0 Å². The van der Waals surface area contributed by atoms with Crippen molar-refractivity contribution in [2.24, 2.45) is 0 Å². The standard InChI is InChI=1S/C13H8Cl2F3NO3S/c1-7-6-8(2-3-10(7)23(15,20)21)22-12-11(13(16,17)18)9(14)4-5-19-12/h2-6H,1H3. The van der Waals surface area contributed by atoms with E-state index in [1.165, 1.54) is 19.1 Å². The number of aromatic nitrogens is 1. The van der Waals surface area contributed by atoms with Crippen LogP contribution in [0.3, 0.4) is 0 Å². The molecule has 0 amide bonds. The van der Waals surface area contributed by atoms with Crippen LogP contribution in [0.2, 0.25) is 5.02 Å². The molecule has 1 aromatic carbocycles. The molecule has 0 bridgehead atoms. The fraction of sp³-hybridized carbons (Fsp3) is 0.154. The van der Waals surface area contributed by atoms with Gasteiger partial charge in [-0.25, -0.2) is 13.4 Å². The van der Waals surface area contributed by atoms with Crippen LogP contribution < -0.4 is 4.74 Å². The maximum Gasteiger partial charge on any atom is 0.423 e. The molecule has 4 nitrogen and oxygen atoms in total. The van der Waals surface area contributed by atoms with Crippen LogP contribution in [-0.4, -0.2) is 13.4 Å². The van der Waals surface area contributed by atoms with Crippen LogP contribution in [0.4, 0.5) is 13.2 Å². The molecule has 0 unspecified atom stereocenters. The van der Waals surface area contributed by atoms with Gasteiger partial charge in [0, 0.05) is 16.9 Å². The second-order valence-corrected chi connectivity index (χ2v) is 7.38. The molecule has 1 heterocycles. The van der Waals surface area contributed by atoms with Crippen LogP contribution in [0.15, 0.2) is 35.4 Å². The zero-order chi connectivity index (χ0) is 17.4. The van der Waals surface area contributed by atoms with Crippen molar-refractivity contribution in [3.8, 4) is 11.6 Å². The number of nitrogens with zero attached hydrogens (tertiary/aromatic N) is 1. The van der Waals surface area contributed by atoms with E-state index in [0.29, 0.717) is 0 Å². The van der Waals surface area contributed by atoms with Crippen LogP contribution in [-0.2, 0) is 15.2 Å². The molecule has 0 saturated heterocycles. The van der Waals surface area contributed by atoms with Crippen LogP contribution in [0.25, 0.3) is 0 Å². The normalized spacial score (nSPS) is 12.3. The van der Waals surface area contributed by atoms with Crippen molar-refractivity contribution in [1.82, 2.24) is 4.98 Å². The van der Waals surface area contributed by atoms with Crippen LogP contribution in [0.1, 0.15) is 11.1 Å². The Morgan fingerprint density at radius 1 is 1.22 bits per heavy atom. The molecule has 124 valence electrons. The van der Waals surface area contributed by atoms with Gasteiger partial charge in [-0.2, -0.15) is 13.2 Å². The lowest BCUT2D eigenvalue weighted by atomic mass is 10.2. The average Bonchev–Trinajstić information content (AvgIpc) is 2.35. The number of alkyl halides is 3. The van der Waals surface area contributed by atoms with Crippen LogP contribution in [0, 0.1) is 6.92 Å². The fourth-order valence-corrected chi connectivity index (χ4v) is 3.26. The summed E-state index contributed by atoms with van der Waals surface area (Å²) in [5, 5.41) is -0.556. The van der Waals surface area contributed by atoms with E-state index in [0.717, 1.165) is 18.3 Å². The van der Waals surface area contributed by atoms with E-state index in [2.05, 4.69) is 4.98 Å². The van der Waals surface area contributed by atoms with E-state index < -0.39 is 31.7 Å². The van der Waals surface area contributed by atoms with Crippen LogP contribution in [0.5, 0.6) is 11.6 Å². The van der Waals surface area contributed by atoms with E-state index in [-0.39, 0.29) is 16.2 Å². The van der Waals surface area contributed by atoms with Crippen molar-refractivity contribution in [2.45, 2.75) is 18.0 Å². The molecule has 2 aromatic rings. The SMILES string of the molecule is Cc1cc(Oc2nccc(Cl)c2C(F)(F)F)ccc1S(=O)(=O)Cl. The van der Waals surface area contributed by atoms with E-state index in [9.17, 15) is 21.6 Å². The maximum atomic E-state index is 13.0. The Morgan fingerprint density at radius 2 is 1.87 bits per heavy atom. The largest absolute Gasteiger partial charge is 0.438 e. The van der Waals surface area contributed by atoms with E-state index in [4.69, 9.17) is 27.0 Å². The van der Waals surface area contributed by atoms with Gasteiger partial charge < -0.3 is 4.74 Å². The van der Waals surface area contributed by atoms with Gasteiger partial charge in [-0.05, 0) is 36.8 Å². The Bertz CT molecular complexity index is 854. The zero-order valence-corrected chi connectivity index (χ0v) is 13.7. The van der Waals surface area contributed by atoms with Gasteiger partial charge in [0.15, 0.2) is 0 Å². The summed E-state index contributed by atoms with van der Waals surface area (Å²) < 4.78 is 66.7. The Balaban J connectivity index is 2.46. The van der Waals surface area contributed by atoms with Crippen molar-refractivity contribution in [3.63, 3.8) is 0 Å². The lowest BCUT2D eigenvalue weighted by molar-refractivity contribution is -0.138. The molecule has 2 rings (SSSR count). The summed E-state index contributed by atoms with van der Waals surface area (Å²) in [6, 6.07) is 4.53. The Morgan fingerprint density at radius 3 is 2.39 bits per heavy atom. The zero-order valence-electron chi connectivity index (χ0n) is 11.4. The molecule has 0 radical (unpaired) electrons. The number of pyridine rings is 1. The third kappa shape index (κ3) is 4.07. The quantitative estimate of drug-likeness (QED) is 0.713. The van der Waals surface area contributed by atoms with Crippen LogP contribution >= 0.6 is 22.3 Å². The molecule has 0 fully saturated rings. The highest BCUT2D eigenvalue weighted by molar-refractivity contribution is 8.13. The maximum absolute atomic E-state index is 13.0. The van der Waals surface area contributed by atoms with E-state index in [1.807, 2.05) is 0 Å². The van der Waals surface area contributed by atoms with Gasteiger partial charge in [-0.1, -0.05) is 11.6 Å². The summed E-state index contributed by atoms with van der Waals surface area (Å²) in [6.07, 6.45) is -3.69. The molecule has 0 atom stereocenters. The summed E-state index contributed by atoms with van der Waals surface area (Å²) in [5.74, 6) is -0.766. The molecule has 0 aliphatic carbocycles. The molecular formula is C13H8Cl2F3NO3S. The highest BCUT2D eigenvalue weighted by Crippen LogP contribution is 2.41. The Hall–Kier alpha value is -1.51. The Labute approximate surface area is 139 Å². The summed E-state index contributed by atoms with van der Waals surface area (Å²) in [6.45, 7) is 1.43. The predicted molar refractivity (Wildman–Crippen MR) is 78.5 cm³/mol. The first-order chi connectivity index (χ1) is 10.5. The van der Waals surface area contributed by atoms with Crippen molar-refractivity contribution in [2.75, 3.05) is 0 Å². The first kappa shape index (κ1) is 17.8. The third-order valence-corrected chi connectivity index (χ3v) is 4.57. The first-order valence-corrected chi connectivity index (χ1v) is 8.64. The number of rotatable bonds is 3. The van der Waals surface area contributed by atoms with Gasteiger partial charge >= 0.3 is 6.18 Å². The van der Waals surface area contributed by atoms with Crippen molar-refractivity contribution < 1.29 is 26.3 Å². The molecule has 0 N–H and O–H groups in total. The fourth-order valence-electron chi connectivity index (χ4n) is 1.83. The lowest BCUT2D eigenvalue weighted by Crippen LogP contribution is -2.09. The highest BCUT2D eigenvalue weighted by Gasteiger charge is 2.38. The number of hydrogen-bond acceptors (Lipinski definition) is 4. The Kier molecular flexibility index (Phi) is 4.79. The molecule has 23 heavy (non-hydrogen) atoms. The second kappa shape index (κ2) is 6.18. The van der Waals surface area contributed by atoms with Gasteiger partial charge in [0.1, 0.15) is 11.3 Å². The van der Waals surface area contributed by atoms with E-state index in [1.54, 1.807) is 0 Å². The minimum Gasteiger partial charge on any atom is -0.438 e. The van der Waals surface area contributed by atoms with Crippen molar-refractivity contribution in [1.29, 1.82) is 0 Å². The molecule has 1 aromatic heterocycles. The third-order valence-electron chi connectivity index (χ3n) is 2.77. The number of halogens is 5. The summed E-state index contributed by atoms with van der Waals surface area (Å²) in [5.41, 5.74) is -0.999. The van der Waals surface area contributed by atoms with Gasteiger partial charge in [0.2, 0.25) is 5.88 Å². The number of aryl methyl sites for hydroxylation is 1. The lowest BCUT2D eigenvalue weighted by Gasteiger charge is -2.14.